The van der Waals surface area contributed by atoms with E-state index < -0.39 is 30.2 Å². The number of halogens is 1. The predicted molar refractivity (Wildman–Crippen MR) is 104 cm³/mol. The lowest BCUT2D eigenvalue weighted by molar-refractivity contribution is -0.123. The molecule has 1 aromatic rings. The molecule has 10 nitrogen and oxygen atoms in total. The number of nitrogens with one attached hydrogen (secondary N) is 3. The van der Waals surface area contributed by atoms with E-state index in [0.29, 0.717) is 6.42 Å². The maximum atomic E-state index is 12.2. The van der Waals surface area contributed by atoms with Crippen LogP contribution in [0.5, 0.6) is 0 Å². The van der Waals surface area contributed by atoms with Crippen molar-refractivity contribution in [2.24, 2.45) is 5.73 Å². The Morgan fingerprint density at radius 3 is 2.43 bits per heavy atom. The average molecular weight is 419 g/mol. The number of carboxylic acid groups (broad SMARTS) is 1. The first kappa shape index (κ1) is 25.4. The maximum absolute atomic E-state index is 12.2. The Hall–Kier alpha value is -2.56. The Balaban J connectivity index is 0.00000729. The molecular formula is C17H27ClN4O6. The fraction of sp³-hybridized carbons (Fsp3) is 0.471. The fourth-order valence-electron chi connectivity index (χ4n) is 2.10. The number of aliphatic hydroxyl groups excluding tert-OH is 1. The van der Waals surface area contributed by atoms with Crippen molar-refractivity contribution in [3.05, 3.63) is 35.9 Å². The Morgan fingerprint density at radius 2 is 1.82 bits per heavy atom. The molecule has 0 spiro atoms. The van der Waals surface area contributed by atoms with Gasteiger partial charge in [-0.15, -0.1) is 12.4 Å². The average Bonchev–Trinajstić information content (AvgIpc) is 2.67. The minimum Gasteiger partial charge on any atom is -0.465 e. The first-order valence-corrected chi connectivity index (χ1v) is 8.52. The number of amides is 3. The highest BCUT2D eigenvalue weighted by Crippen LogP contribution is 2.03. The minimum absolute atomic E-state index is 0. The lowest BCUT2D eigenvalue weighted by Gasteiger charge is -2.19. The lowest BCUT2D eigenvalue weighted by atomic mass is 10.1. The topological polar surface area (TPSA) is 163 Å². The third kappa shape index (κ3) is 11.2. The molecule has 0 aliphatic carbocycles. The van der Waals surface area contributed by atoms with E-state index in [9.17, 15) is 19.5 Å². The van der Waals surface area contributed by atoms with Gasteiger partial charge >= 0.3 is 12.2 Å². The van der Waals surface area contributed by atoms with Gasteiger partial charge < -0.3 is 36.6 Å². The van der Waals surface area contributed by atoms with E-state index in [-0.39, 0.29) is 45.1 Å². The van der Waals surface area contributed by atoms with Crippen molar-refractivity contribution >= 4 is 30.5 Å². The van der Waals surface area contributed by atoms with Crippen LogP contribution in [0.2, 0.25) is 0 Å². The summed E-state index contributed by atoms with van der Waals surface area (Å²) in [5.74, 6) is -0.519. The molecule has 0 bridgehead atoms. The molecule has 158 valence electrons. The monoisotopic (exact) mass is 418 g/mol. The van der Waals surface area contributed by atoms with Crippen LogP contribution in [0, 0.1) is 0 Å². The molecule has 0 saturated carbocycles. The summed E-state index contributed by atoms with van der Waals surface area (Å²) in [4.78, 5) is 34.7. The van der Waals surface area contributed by atoms with Gasteiger partial charge in [0.25, 0.3) is 0 Å². The van der Waals surface area contributed by atoms with Crippen molar-refractivity contribution in [2.45, 2.75) is 31.6 Å². The summed E-state index contributed by atoms with van der Waals surface area (Å²) in [6, 6.07) is 8.11. The van der Waals surface area contributed by atoms with Crippen LogP contribution in [0.3, 0.4) is 0 Å². The smallest absolute Gasteiger partial charge is 0.408 e. The van der Waals surface area contributed by atoms with Crippen LogP contribution in [0.1, 0.15) is 18.4 Å². The molecule has 0 saturated heterocycles. The SMILES string of the molecule is Cl.NCC(O)CNC(=O)[C@H](CCCNC(=O)O)NC(=O)OCc1ccccc1. The molecule has 0 fully saturated rings. The van der Waals surface area contributed by atoms with E-state index in [1.165, 1.54) is 0 Å². The van der Waals surface area contributed by atoms with E-state index in [4.69, 9.17) is 15.6 Å². The number of aliphatic hydroxyl groups is 1. The number of alkyl carbamates (subject to hydrolysis) is 1. The third-order valence-corrected chi connectivity index (χ3v) is 3.55. The molecule has 3 amide bonds. The van der Waals surface area contributed by atoms with Crippen LogP contribution in [-0.2, 0) is 16.1 Å². The Bertz CT molecular complexity index is 605. The second-order valence-corrected chi connectivity index (χ2v) is 5.77. The number of hydrogen-bond donors (Lipinski definition) is 6. The fourth-order valence-corrected chi connectivity index (χ4v) is 2.10. The van der Waals surface area contributed by atoms with Crippen molar-refractivity contribution in [3.8, 4) is 0 Å². The summed E-state index contributed by atoms with van der Waals surface area (Å²) in [6.07, 6.45) is -2.33. The summed E-state index contributed by atoms with van der Waals surface area (Å²) in [7, 11) is 0. The second kappa shape index (κ2) is 14.5. The van der Waals surface area contributed by atoms with Crippen molar-refractivity contribution < 1.29 is 29.3 Å². The Morgan fingerprint density at radius 1 is 1.14 bits per heavy atom. The molecule has 7 N–H and O–H groups in total. The zero-order valence-corrected chi connectivity index (χ0v) is 16.1. The van der Waals surface area contributed by atoms with Crippen LogP contribution in [-0.4, -0.2) is 60.1 Å². The molecular weight excluding hydrogens is 392 g/mol. The van der Waals surface area contributed by atoms with E-state index in [1.54, 1.807) is 12.1 Å². The van der Waals surface area contributed by atoms with Crippen molar-refractivity contribution in [2.75, 3.05) is 19.6 Å². The summed E-state index contributed by atoms with van der Waals surface area (Å²) < 4.78 is 5.09. The Labute approximate surface area is 169 Å². The van der Waals surface area contributed by atoms with E-state index in [2.05, 4.69) is 16.0 Å². The largest absolute Gasteiger partial charge is 0.465 e. The molecule has 0 aliphatic rings. The molecule has 1 rings (SSSR count). The highest BCUT2D eigenvalue weighted by molar-refractivity contribution is 5.85. The van der Waals surface area contributed by atoms with Gasteiger partial charge in [0.15, 0.2) is 0 Å². The summed E-state index contributed by atoms with van der Waals surface area (Å²) in [6.45, 7) is 0.110. The van der Waals surface area contributed by atoms with Gasteiger partial charge in [0.05, 0.1) is 6.10 Å². The first-order valence-electron chi connectivity index (χ1n) is 8.52. The molecule has 2 atom stereocenters. The van der Waals surface area contributed by atoms with Gasteiger partial charge in [-0.3, -0.25) is 4.79 Å². The third-order valence-electron chi connectivity index (χ3n) is 3.55. The zero-order chi connectivity index (χ0) is 20.1. The number of hydrogen-bond acceptors (Lipinski definition) is 6. The van der Waals surface area contributed by atoms with Crippen molar-refractivity contribution in [3.63, 3.8) is 0 Å². The van der Waals surface area contributed by atoms with Gasteiger partial charge in [0, 0.05) is 19.6 Å². The normalized spacial score (nSPS) is 12.1. The molecule has 0 heterocycles. The summed E-state index contributed by atoms with van der Waals surface area (Å²) >= 11 is 0. The van der Waals surface area contributed by atoms with Crippen LogP contribution in [0.25, 0.3) is 0 Å². The molecule has 28 heavy (non-hydrogen) atoms. The quantitative estimate of drug-likeness (QED) is 0.279. The highest BCUT2D eigenvalue weighted by Gasteiger charge is 2.21. The number of benzene rings is 1. The van der Waals surface area contributed by atoms with Gasteiger partial charge in [-0.1, -0.05) is 30.3 Å². The molecule has 1 aromatic carbocycles. The molecule has 0 aliphatic heterocycles. The van der Waals surface area contributed by atoms with Crippen LogP contribution < -0.4 is 21.7 Å². The van der Waals surface area contributed by atoms with E-state index in [0.717, 1.165) is 5.56 Å². The van der Waals surface area contributed by atoms with Crippen molar-refractivity contribution in [1.82, 2.24) is 16.0 Å². The summed E-state index contributed by atoms with van der Waals surface area (Å²) in [5.41, 5.74) is 6.08. The molecule has 0 aromatic heterocycles. The van der Waals surface area contributed by atoms with Crippen LogP contribution >= 0.6 is 12.4 Å². The standard InChI is InChI=1S/C17H26N4O6.ClH/c18-9-13(22)10-20-15(23)14(7-4-8-19-16(24)25)21-17(26)27-11-12-5-2-1-3-6-12;/h1-3,5-6,13-14,19,22H,4,7-11,18H2,(H,20,23)(H,21,26)(H,24,25);1H/t13?,14-;/m0./s1. The number of rotatable bonds is 11. The number of nitrogens with two attached hydrogens (primary N) is 1. The number of carbonyl (C=O) groups is 3. The Kier molecular flexibility index (Phi) is 13.2. The first-order chi connectivity index (χ1) is 12.9. The van der Waals surface area contributed by atoms with Crippen molar-refractivity contribution in [1.29, 1.82) is 0 Å². The van der Waals surface area contributed by atoms with Crippen LogP contribution in [0.4, 0.5) is 9.59 Å². The van der Waals surface area contributed by atoms with Gasteiger partial charge in [0.1, 0.15) is 12.6 Å². The lowest BCUT2D eigenvalue weighted by Crippen LogP contribution is -2.49. The number of ether oxygens (including phenoxy) is 1. The minimum atomic E-state index is -1.17. The van der Waals surface area contributed by atoms with Crippen LogP contribution in [0.15, 0.2) is 30.3 Å². The van der Waals surface area contributed by atoms with Gasteiger partial charge in [-0.05, 0) is 18.4 Å². The van der Waals surface area contributed by atoms with Gasteiger partial charge in [-0.25, -0.2) is 9.59 Å². The molecule has 1 unspecified atom stereocenters. The molecule has 11 heteroatoms. The zero-order valence-electron chi connectivity index (χ0n) is 15.3. The second-order valence-electron chi connectivity index (χ2n) is 5.77. The summed E-state index contributed by atoms with van der Waals surface area (Å²) in [5, 5.41) is 25.1. The van der Waals surface area contributed by atoms with Gasteiger partial charge in [0.2, 0.25) is 5.91 Å². The van der Waals surface area contributed by atoms with E-state index >= 15 is 0 Å². The van der Waals surface area contributed by atoms with Gasteiger partial charge in [-0.2, -0.15) is 0 Å². The highest BCUT2D eigenvalue weighted by atomic mass is 35.5. The number of carbonyl (C=O) groups excluding carboxylic acids is 2. The predicted octanol–water partition coefficient (Wildman–Crippen LogP) is 0.187. The molecule has 0 radical (unpaired) electrons. The maximum Gasteiger partial charge on any atom is 0.408 e. The van der Waals surface area contributed by atoms with E-state index in [1.807, 2.05) is 18.2 Å².